The summed E-state index contributed by atoms with van der Waals surface area (Å²) >= 11 is 0. The minimum atomic E-state index is -0.00938. The zero-order chi connectivity index (χ0) is 14.7. The van der Waals surface area contributed by atoms with Gasteiger partial charge >= 0.3 is 0 Å². The van der Waals surface area contributed by atoms with Gasteiger partial charge in [0.1, 0.15) is 0 Å². The molecule has 1 unspecified atom stereocenters. The molecule has 1 atom stereocenters. The first-order chi connectivity index (χ1) is 10.2. The summed E-state index contributed by atoms with van der Waals surface area (Å²) in [6.07, 6.45) is 9.63. The highest BCUT2D eigenvalue weighted by Crippen LogP contribution is 2.39. The van der Waals surface area contributed by atoms with E-state index in [0.29, 0.717) is 17.7 Å². The average Bonchev–Trinajstić information content (AvgIpc) is 3.02. The van der Waals surface area contributed by atoms with Crippen LogP contribution in [0.25, 0.3) is 0 Å². The monoisotopic (exact) mass is 295 g/mol. The number of ether oxygens (including phenoxy) is 1. The number of hydrogen-bond donors (Lipinski definition) is 1. The van der Waals surface area contributed by atoms with Crippen LogP contribution in [0.1, 0.15) is 57.8 Å². The van der Waals surface area contributed by atoms with Gasteiger partial charge in [0.05, 0.1) is 5.60 Å². The molecule has 3 aliphatic rings. The first-order valence-corrected chi connectivity index (χ1v) is 8.76. The van der Waals surface area contributed by atoms with E-state index in [2.05, 4.69) is 4.90 Å². The van der Waals surface area contributed by atoms with Gasteiger partial charge < -0.3 is 14.7 Å². The van der Waals surface area contributed by atoms with E-state index in [1.807, 2.05) is 0 Å². The first-order valence-electron chi connectivity index (χ1n) is 8.76. The predicted molar refractivity (Wildman–Crippen MR) is 80.9 cm³/mol. The molecule has 4 heteroatoms. The Morgan fingerprint density at radius 1 is 1.19 bits per heavy atom. The number of rotatable bonds is 3. The highest BCUT2D eigenvalue weighted by atomic mass is 16.5. The molecule has 0 aromatic rings. The van der Waals surface area contributed by atoms with E-state index in [4.69, 9.17) is 9.84 Å². The molecule has 2 saturated heterocycles. The third kappa shape index (κ3) is 3.42. The largest absolute Gasteiger partial charge is 0.396 e. The number of piperidine rings is 1. The molecule has 1 saturated carbocycles. The van der Waals surface area contributed by atoms with E-state index in [9.17, 15) is 4.79 Å². The lowest BCUT2D eigenvalue weighted by molar-refractivity contribution is -0.150. The zero-order valence-corrected chi connectivity index (χ0v) is 13.1. The Morgan fingerprint density at radius 2 is 1.90 bits per heavy atom. The highest BCUT2D eigenvalue weighted by Gasteiger charge is 2.41. The summed E-state index contributed by atoms with van der Waals surface area (Å²) in [7, 11) is 0. The fourth-order valence-electron chi connectivity index (χ4n) is 4.47. The molecular formula is C17H29NO3. The maximum absolute atomic E-state index is 12.5. The molecule has 1 aliphatic carbocycles. The molecule has 2 aliphatic heterocycles. The SMILES string of the molecule is O=C(C1CCCC1)N1CCC2(CC1)CC(CCO)CCO2. The van der Waals surface area contributed by atoms with Gasteiger partial charge in [-0.1, -0.05) is 12.8 Å². The van der Waals surface area contributed by atoms with Crippen molar-refractivity contribution < 1.29 is 14.6 Å². The van der Waals surface area contributed by atoms with Crippen molar-refractivity contribution in [2.24, 2.45) is 11.8 Å². The lowest BCUT2D eigenvalue weighted by Gasteiger charge is -2.46. The van der Waals surface area contributed by atoms with Crippen molar-refractivity contribution in [1.29, 1.82) is 0 Å². The van der Waals surface area contributed by atoms with Crippen LogP contribution in [-0.2, 0) is 9.53 Å². The Hall–Kier alpha value is -0.610. The van der Waals surface area contributed by atoms with E-state index in [1.54, 1.807) is 0 Å². The van der Waals surface area contributed by atoms with Crippen molar-refractivity contribution in [3.63, 3.8) is 0 Å². The van der Waals surface area contributed by atoms with Gasteiger partial charge in [-0.25, -0.2) is 0 Å². The van der Waals surface area contributed by atoms with Crippen molar-refractivity contribution in [3.05, 3.63) is 0 Å². The van der Waals surface area contributed by atoms with E-state index in [-0.39, 0.29) is 12.2 Å². The van der Waals surface area contributed by atoms with Crippen molar-refractivity contribution in [2.75, 3.05) is 26.3 Å². The number of hydrogen-bond acceptors (Lipinski definition) is 3. The second-order valence-electron chi connectivity index (χ2n) is 7.21. The van der Waals surface area contributed by atoms with Gasteiger partial charge in [0.25, 0.3) is 0 Å². The van der Waals surface area contributed by atoms with Crippen LogP contribution < -0.4 is 0 Å². The molecule has 1 N–H and O–H groups in total. The highest BCUT2D eigenvalue weighted by molar-refractivity contribution is 5.79. The smallest absolute Gasteiger partial charge is 0.225 e. The fourth-order valence-corrected chi connectivity index (χ4v) is 4.47. The molecule has 3 fully saturated rings. The minimum absolute atomic E-state index is 0.00938. The number of carbonyl (C=O) groups excluding carboxylic acids is 1. The molecular weight excluding hydrogens is 266 g/mol. The van der Waals surface area contributed by atoms with Crippen LogP contribution in [0.5, 0.6) is 0 Å². The molecule has 0 aromatic heterocycles. The summed E-state index contributed by atoms with van der Waals surface area (Å²) in [6.45, 7) is 2.83. The molecule has 1 amide bonds. The molecule has 3 rings (SSSR count). The van der Waals surface area contributed by atoms with Gasteiger partial charge in [-0.2, -0.15) is 0 Å². The topological polar surface area (TPSA) is 49.8 Å². The van der Waals surface area contributed by atoms with Crippen molar-refractivity contribution in [2.45, 2.75) is 63.4 Å². The second-order valence-corrected chi connectivity index (χ2v) is 7.21. The number of nitrogens with zero attached hydrogens (tertiary/aromatic N) is 1. The Kier molecular flexibility index (Phi) is 4.85. The van der Waals surface area contributed by atoms with Crippen molar-refractivity contribution >= 4 is 5.91 Å². The molecule has 2 heterocycles. The van der Waals surface area contributed by atoms with E-state index in [0.717, 1.165) is 64.6 Å². The molecule has 21 heavy (non-hydrogen) atoms. The third-order valence-corrected chi connectivity index (χ3v) is 5.82. The third-order valence-electron chi connectivity index (χ3n) is 5.82. The molecule has 0 bridgehead atoms. The number of aliphatic hydroxyl groups excluding tert-OH is 1. The zero-order valence-electron chi connectivity index (χ0n) is 13.1. The Bertz CT molecular complexity index is 355. The molecule has 120 valence electrons. The summed E-state index contributed by atoms with van der Waals surface area (Å²) in [5.41, 5.74) is -0.00938. The van der Waals surface area contributed by atoms with Gasteiger partial charge in [0.15, 0.2) is 0 Å². The normalized spacial score (nSPS) is 30.0. The van der Waals surface area contributed by atoms with Crippen LogP contribution in [0, 0.1) is 11.8 Å². The molecule has 0 radical (unpaired) electrons. The van der Waals surface area contributed by atoms with Gasteiger partial charge in [0.2, 0.25) is 5.91 Å². The number of likely N-dealkylation sites (tertiary alicyclic amines) is 1. The minimum Gasteiger partial charge on any atom is -0.396 e. The maximum atomic E-state index is 12.5. The fraction of sp³-hybridized carbons (Fsp3) is 0.941. The molecule has 0 aromatic carbocycles. The lowest BCUT2D eigenvalue weighted by atomic mass is 9.78. The summed E-state index contributed by atoms with van der Waals surface area (Å²) in [5, 5.41) is 9.15. The van der Waals surface area contributed by atoms with Crippen LogP contribution in [0.15, 0.2) is 0 Å². The molecule has 1 spiro atoms. The maximum Gasteiger partial charge on any atom is 0.225 e. The number of aliphatic hydroxyl groups is 1. The van der Waals surface area contributed by atoms with E-state index >= 15 is 0 Å². The summed E-state index contributed by atoms with van der Waals surface area (Å²) in [5.74, 6) is 1.29. The number of amides is 1. The van der Waals surface area contributed by atoms with Crippen molar-refractivity contribution in [3.8, 4) is 0 Å². The van der Waals surface area contributed by atoms with Crippen LogP contribution in [-0.4, -0.2) is 47.8 Å². The summed E-state index contributed by atoms with van der Waals surface area (Å²) < 4.78 is 6.12. The predicted octanol–water partition coefficient (Wildman–Crippen LogP) is 2.35. The van der Waals surface area contributed by atoms with Gasteiger partial charge in [-0.3, -0.25) is 4.79 Å². The summed E-state index contributed by atoms with van der Waals surface area (Å²) in [6, 6.07) is 0. The van der Waals surface area contributed by atoms with Crippen LogP contribution >= 0.6 is 0 Å². The van der Waals surface area contributed by atoms with Gasteiger partial charge in [-0.05, 0) is 50.9 Å². The van der Waals surface area contributed by atoms with E-state index in [1.165, 1.54) is 12.8 Å². The number of carbonyl (C=O) groups is 1. The Balaban J connectivity index is 1.53. The Labute approximate surface area is 127 Å². The van der Waals surface area contributed by atoms with Crippen LogP contribution in [0.3, 0.4) is 0 Å². The van der Waals surface area contributed by atoms with Crippen LogP contribution in [0.2, 0.25) is 0 Å². The quantitative estimate of drug-likeness (QED) is 0.869. The lowest BCUT2D eigenvalue weighted by Crippen LogP contribution is -2.51. The Morgan fingerprint density at radius 3 is 2.57 bits per heavy atom. The van der Waals surface area contributed by atoms with Gasteiger partial charge in [-0.15, -0.1) is 0 Å². The van der Waals surface area contributed by atoms with Gasteiger partial charge in [0, 0.05) is 32.2 Å². The first kappa shape index (κ1) is 15.3. The standard InChI is InChI=1S/C17H29NO3/c19-11-5-14-6-12-21-17(13-14)7-9-18(10-8-17)16(20)15-3-1-2-4-15/h14-15,19H,1-13H2. The van der Waals surface area contributed by atoms with Crippen LogP contribution in [0.4, 0.5) is 0 Å². The van der Waals surface area contributed by atoms with Crippen molar-refractivity contribution in [1.82, 2.24) is 4.90 Å². The summed E-state index contributed by atoms with van der Waals surface area (Å²) in [4.78, 5) is 14.6. The van der Waals surface area contributed by atoms with E-state index < -0.39 is 0 Å². The molecule has 4 nitrogen and oxygen atoms in total. The average molecular weight is 295 g/mol. The second kappa shape index (κ2) is 6.66.